The summed E-state index contributed by atoms with van der Waals surface area (Å²) in [4.78, 5) is 6.87. The van der Waals surface area contributed by atoms with Crippen LogP contribution in [-0.4, -0.2) is 40.8 Å². The quantitative estimate of drug-likeness (QED) is 0.621. The summed E-state index contributed by atoms with van der Waals surface area (Å²) in [5.74, 6) is 0.930. The third-order valence-corrected chi connectivity index (χ3v) is 3.98. The summed E-state index contributed by atoms with van der Waals surface area (Å²) in [6.07, 6.45) is 4.83. The number of guanidine groups is 1. The minimum absolute atomic E-state index is 0.749. The molecule has 23 heavy (non-hydrogen) atoms. The Morgan fingerprint density at radius 1 is 1.30 bits per heavy atom. The average molecular weight is 378 g/mol. The first kappa shape index (κ1) is 17.5. The first-order chi connectivity index (χ1) is 11.1. The molecule has 2 aromatic rings. The molecule has 0 unspecified atom stereocenters. The summed E-state index contributed by atoms with van der Waals surface area (Å²) in [5.41, 5.74) is 2.47. The average Bonchev–Trinajstić information content (AvgIpc) is 2.94. The van der Waals surface area contributed by atoms with Crippen molar-refractivity contribution in [1.29, 1.82) is 0 Å². The highest BCUT2D eigenvalue weighted by Crippen LogP contribution is 2.11. The third-order valence-electron chi connectivity index (χ3n) is 3.45. The van der Waals surface area contributed by atoms with E-state index in [1.54, 1.807) is 0 Å². The molecule has 0 saturated heterocycles. The van der Waals surface area contributed by atoms with Gasteiger partial charge in [-0.2, -0.15) is 5.10 Å². The van der Waals surface area contributed by atoms with Crippen LogP contribution in [0.2, 0.25) is 0 Å². The van der Waals surface area contributed by atoms with Gasteiger partial charge in [-0.25, -0.2) is 0 Å². The highest BCUT2D eigenvalue weighted by Gasteiger charge is 2.06. The van der Waals surface area contributed by atoms with E-state index >= 15 is 0 Å². The summed E-state index contributed by atoms with van der Waals surface area (Å²) in [5, 5.41) is 7.54. The number of halogens is 1. The molecule has 124 valence electrons. The number of nitrogens with one attached hydrogen (secondary N) is 1. The van der Waals surface area contributed by atoms with Crippen LogP contribution in [-0.2, 0) is 20.0 Å². The van der Waals surface area contributed by atoms with Crippen LogP contribution in [0, 0.1) is 0 Å². The number of rotatable bonds is 6. The van der Waals surface area contributed by atoms with Crippen molar-refractivity contribution in [2.24, 2.45) is 12.0 Å². The smallest absolute Gasteiger partial charge is 0.193 e. The fraction of sp³-hybridized carbons (Fsp3) is 0.412. The van der Waals surface area contributed by atoms with Crippen molar-refractivity contribution >= 4 is 21.9 Å². The van der Waals surface area contributed by atoms with Crippen molar-refractivity contribution in [2.75, 3.05) is 20.1 Å². The molecule has 0 aliphatic carbocycles. The fourth-order valence-electron chi connectivity index (χ4n) is 2.30. The molecule has 0 spiro atoms. The first-order valence-electron chi connectivity index (χ1n) is 7.80. The molecule has 0 amide bonds. The molecule has 0 aliphatic heterocycles. The minimum Gasteiger partial charge on any atom is -0.357 e. The Morgan fingerprint density at radius 3 is 2.65 bits per heavy atom. The number of nitrogens with zero attached hydrogens (tertiary/aromatic N) is 4. The van der Waals surface area contributed by atoms with Gasteiger partial charge in [0.05, 0.1) is 6.20 Å². The molecular formula is C17H24BrN5. The molecule has 1 heterocycles. The normalized spacial score (nSPS) is 11.6. The Kier molecular flexibility index (Phi) is 6.65. The van der Waals surface area contributed by atoms with Gasteiger partial charge in [-0.3, -0.25) is 9.67 Å². The Labute approximate surface area is 146 Å². The van der Waals surface area contributed by atoms with Gasteiger partial charge >= 0.3 is 0 Å². The molecule has 0 radical (unpaired) electrons. The van der Waals surface area contributed by atoms with Gasteiger partial charge in [0.2, 0.25) is 0 Å². The molecule has 1 N–H and O–H groups in total. The number of hydrogen-bond acceptors (Lipinski definition) is 2. The molecule has 0 saturated carbocycles. The number of aryl methyl sites for hydroxylation is 1. The summed E-state index contributed by atoms with van der Waals surface area (Å²) in [7, 11) is 4.00. The van der Waals surface area contributed by atoms with Crippen molar-refractivity contribution in [3.63, 3.8) is 0 Å². The van der Waals surface area contributed by atoms with Crippen LogP contribution in [0.1, 0.15) is 18.1 Å². The monoisotopic (exact) mass is 377 g/mol. The van der Waals surface area contributed by atoms with E-state index in [-0.39, 0.29) is 0 Å². The van der Waals surface area contributed by atoms with E-state index in [4.69, 9.17) is 4.99 Å². The molecule has 1 aromatic carbocycles. The van der Waals surface area contributed by atoms with Crippen LogP contribution in [0.3, 0.4) is 0 Å². The minimum atomic E-state index is 0.749. The zero-order chi connectivity index (χ0) is 16.7. The van der Waals surface area contributed by atoms with Crippen LogP contribution < -0.4 is 5.32 Å². The second-order valence-electron chi connectivity index (χ2n) is 5.49. The number of aromatic nitrogens is 2. The highest BCUT2D eigenvalue weighted by atomic mass is 79.9. The molecule has 5 nitrogen and oxygen atoms in total. The van der Waals surface area contributed by atoms with E-state index in [0.29, 0.717) is 0 Å². The van der Waals surface area contributed by atoms with Gasteiger partial charge in [-0.15, -0.1) is 0 Å². The first-order valence-corrected chi connectivity index (χ1v) is 8.59. The number of benzene rings is 1. The van der Waals surface area contributed by atoms with E-state index in [1.165, 1.54) is 11.1 Å². The van der Waals surface area contributed by atoms with Crippen LogP contribution in [0.4, 0.5) is 0 Å². The fourth-order valence-corrected chi connectivity index (χ4v) is 2.56. The summed E-state index contributed by atoms with van der Waals surface area (Å²) >= 11 is 3.47. The van der Waals surface area contributed by atoms with Crippen LogP contribution >= 0.6 is 15.9 Å². The van der Waals surface area contributed by atoms with E-state index in [2.05, 4.69) is 69.5 Å². The standard InChI is InChI=1S/C17H24BrN5/c1-4-19-17(20-10-9-15-11-21-23(3)13-15)22(2)12-14-5-7-16(18)8-6-14/h5-8,11,13H,4,9-10,12H2,1-3H3,(H,19,20). The van der Waals surface area contributed by atoms with E-state index < -0.39 is 0 Å². The lowest BCUT2D eigenvalue weighted by Crippen LogP contribution is -2.38. The SMILES string of the molecule is CCNC(=NCCc1cnn(C)c1)N(C)Cc1ccc(Br)cc1. The topological polar surface area (TPSA) is 45.5 Å². The zero-order valence-corrected chi connectivity index (χ0v) is 15.5. The largest absolute Gasteiger partial charge is 0.357 e. The Bertz CT molecular complexity index is 633. The van der Waals surface area contributed by atoms with Gasteiger partial charge < -0.3 is 10.2 Å². The van der Waals surface area contributed by atoms with E-state index in [0.717, 1.165) is 36.5 Å². The lowest BCUT2D eigenvalue weighted by Gasteiger charge is -2.22. The summed E-state index contributed by atoms with van der Waals surface area (Å²) in [6, 6.07) is 8.38. The molecule has 1 aromatic heterocycles. The molecule has 6 heteroatoms. The Balaban J connectivity index is 1.95. The number of hydrogen-bond donors (Lipinski definition) is 1. The van der Waals surface area contributed by atoms with E-state index in [9.17, 15) is 0 Å². The van der Waals surface area contributed by atoms with Gasteiger partial charge in [0, 0.05) is 44.4 Å². The molecular weight excluding hydrogens is 354 g/mol. The van der Waals surface area contributed by atoms with Crippen molar-refractivity contribution in [3.05, 3.63) is 52.3 Å². The van der Waals surface area contributed by atoms with Crippen LogP contribution in [0.25, 0.3) is 0 Å². The molecule has 2 rings (SSSR count). The van der Waals surface area contributed by atoms with Gasteiger partial charge in [0.1, 0.15) is 0 Å². The van der Waals surface area contributed by atoms with Crippen molar-refractivity contribution in [3.8, 4) is 0 Å². The maximum atomic E-state index is 4.72. The predicted molar refractivity (Wildman–Crippen MR) is 98.5 cm³/mol. The molecule has 0 bridgehead atoms. The summed E-state index contributed by atoms with van der Waals surface area (Å²) < 4.78 is 2.92. The highest BCUT2D eigenvalue weighted by molar-refractivity contribution is 9.10. The summed E-state index contributed by atoms with van der Waals surface area (Å²) in [6.45, 7) is 4.52. The molecule has 0 fully saturated rings. The maximum absolute atomic E-state index is 4.72. The van der Waals surface area contributed by atoms with Crippen molar-refractivity contribution in [2.45, 2.75) is 19.9 Å². The second kappa shape index (κ2) is 8.72. The van der Waals surface area contributed by atoms with Crippen LogP contribution in [0.15, 0.2) is 46.1 Å². The van der Waals surface area contributed by atoms with Crippen molar-refractivity contribution in [1.82, 2.24) is 20.0 Å². The van der Waals surface area contributed by atoms with Gasteiger partial charge in [0.25, 0.3) is 0 Å². The molecule has 0 aliphatic rings. The van der Waals surface area contributed by atoms with E-state index in [1.807, 2.05) is 24.1 Å². The Hall–Kier alpha value is -1.82. The van der Waals surface area contributed by atoms with Gasteiger partial charge in [-0.1, -0.05) is 28.1 Å². The second-order valence-corrected chi connectivity index (χ2v) is 6.41. The maximum Gasteiger partial charge on any atom is 0.193 e. The molecule has 0 atom stereocenters. The lowest BCUT2D eigenvalue weighted by molar-refractivity contribution is 0.477. The van der Waals surface area contributed by atoms with Gasteiger partial charge in [-0.05, 0) is 36.6 Å². The number of aliphatic imine (C=N–C) groups is 1. The van der Waals surface area contributed by atoms with Gasteiger partial charge in [0.15, 0.2) is 5.96 Å². The lowest BCUT2D eigenvalue weighted by atomic mass is 10.2. The van der Waals surface area contributed by atoms with Crippen LogP contribution in [0.5, 0.6) is 0 Å². The third kappa shape index (κ3) is 5.71. The zero-order valence-electron chi connectivity index (χ0n) is 14.0. The Morgan fingerprint density at radius 2 is 2.04 bits per heavy atom. The predicted octanol–water partition coefficient (Wildman–Crippen LogP) is 2.82. The van der Waals surface area contributed by atoms with Crippen molar-refractivity contribution < 1.29 is 0 Å².